The first-order valence-corrected chi connectivity index (χ1v) is 3.97. The monoisotopic (exact) mass is 187 g/mol. The highest BCUT2D eigenvalue weighted by atomic mass is 35.5. The number of nitrogens with zero attached hydrogens (tertiary/aromatic N) is 1. The van der Waals surface area contributed by atoms with E-state index in [4.69, 9.17) is 16.4 Å². The molecule has 2 aliphatic rings. The molecular formula is C8H14ClN3. The number of hydrogen-bond acceptors (Lipinski definition) is 2. The van der Waals surface area contributed by atoms with E-state index in [2.05, 4.69) is 6.07 Å². The van der Waals surface area contributed by atoms with E-state index in [0.717, 1.165) is 25.7 Å². The Balaban J connectivity index is 0.000000189. The van der Waals surface area contributed by atoms with Gasteiger partial charge in [-0.05, 0) is 25.7 Å². The summed E-state index contributed by atoms with van der Waals surface area (Å²) < 4.78 is 0. The van der Waals surface area contributed by atoms with Gasteiger partial charge in [-0.15, -0.1) is 12.4 Å². The fourth-order valence-electron chi connectivity index (χ4n) is 0.607. The molecule has 0 spiro atoms. The highest BCUT2D eigenvalue weighted by Crippen LogP contribution is 2.27. The van der Waals surface area contributed by atoms with Gasteiger partial charge in [-0.25, -0.2) is 0 Å². The molecule has 4 heteroatoms. The van der Waals surface area contributed by atoms with Crippen LogP contribution in [0.2, 0.25) is 0 Å². The van der Waals surface area contributed by atoms with Gasteiger partial charge in [0.1, 0.15) is 0 Å². The minimum Gasteiger partial charge on any atom is -0.387 e. The Labute approximate surface area is 78.9 Å². The summed E-state index contributed by atoms with van der Waals surface area (Å²) in [6.07, 6.45) is 4.59. The third-order valence-corrected chi connectivity index (χ3v) is 1.78. The maximum absolute atomic E-state index is 7.96. The van der Waals surface area contributed by atoms with Crippen molar-refractivity contribution in [2.45, 2.75) is 25.7 Å². The molecule has 0 aromatic rings. The Morgan fingerprint density at radius 1 is 1.33 bits per heavy atom. The molecule has 0 radical (unpaired) electrons. The van der Waals surface area contributed by atoms with E-state index in [1.54, 1.807) is 0 Å². The number of halogens is 1. The first-order valence-electron chi connectivity index (χ1n) is 3.97. The largest absolute Gasteiger partial charge is 0.387 e. The number of rotatable bonds is 1. The summed E-state index contributed by atoms with van der Waals surface area (Å²) in [6.45, 7) is 0. The zero-order chi connectivity index (χ0) is 8.27. The maximum atomic E-state index is 7.96. The second-order valence-electron chi connectivity index (χ2n) is 3.13. The van der Waals surface area contributed by atoms with Crippen LogP contribution in [0.4, 0.5) is 0 Å². The van der Waals surface area contributed by atoms with Crippen LogP contribution in [0.5, 0.6) is 0 Å². The van der Waals surface area contributed by atoms with Crippen molar-refractivity contribution in [3.05, 3.63) is 0 Å². The molecule has 2 aliphatic carbocycles. The Hall–Kier alpha value is -0.750. The first kappa shape index (κ1) is 11.2. The zero-order valence-corrected chi connectivity index (χ0v) is 7.73. The Morgan fingerprint density at radius 3 is 1.83 bits per heavy atom. The van der Waals surface area contributed by atoms with Crippen molar-refractivity contribution < 1.29 is 0 Å². The van der Waals surface area contributed by atoms with Gasteiger partial charge in [0.2, 0.25) is 0 Å². The molecule has 0 unspecified atom stereocenters. The van der Waals surface area contributed by atoms with E-state index in [-0.39, 0.29) is 12.4 Å². The van der Waals surface area contributed by atoms with Crippen LogP contribution in [0.15, 0.2) is 0 Å². The van der Waals surface area contributed by atoms with Gasteiger partial charge in [-0.2, -0.15) is 5.26 Å². The molecule has 3 N–H and O–H groups in total. The number of hydrogen-bond donors (Lipinski definition) is 2. The zero-order valence-electron chi connectivity index (χ0n) is 6.92. The SMILES string of the molecule is Cl.N#CC1CC1.N=C(N)C1CC1. The minimum atomic E-state index is 0. The molecule has 0 saturated heterocycles. The van der Waals surface area contributed by atoms with Crippen molar-refractivity contribution in [3.63, 3.8) is 0 Å². The molecule has 0 amide bonds. The molecule has 2 fully saturated rings. The highest BCUT2D eigenvalue weighted by molar-refractivity contribution is 5.85. The highest BCUT2D eigenvalue weighted by Gasteiger charge is 2.23. The molecule has 2 saturated carbocycles. The molecule has 68 valence electrons. The lowest BCUT2D eigenvalue weighted by atomic mass is 10.4. The third-order valence-electron chi connectivity index (χ3n) is 1.78. The molecule has 2 rings (SSSR count). The lowest BCUT2D eigenvalue weighted by Gasteiger charge is -1.82. The van der Waals surface area contributed by atoms with Gasteiger partial charge in [0.05, 0.1) is 11.9 Å². The van der Waals surface area contributed by atoms with E-state index in [1.165, 1.54) is 0 Å². The number of nitrogens with one attached hydrogen (secondary N) is 1. The lowest BCUT2D eigenvalue weighted by molar-refractivity contribution is 1.13. The standard InChI is InChI=1S/C4H8N2.C4H5N.ClH/c5-4(6)3-1-2-3;5-3-4-1-2-4;/h3H,1-2H2,(H3,5,6);4H,1-2H2;1H. The van der Waals surface area contributed by atoms with Crippen LogP contribution < -0.4 is 5.73 Å². The van der Waals surface area contributed by atoms with Gasteiger partial charge >= 0.3 is 0 Å². The second kappa shape index (κ2) is 5.00. The average Bonchev–Trinajstić information content (AvgIpc) is 2.86. The summed E-state index contributed by atoms with van der Waals surface area (Å²) in [5.74, 6) is 1.27. The fraction of sp³-hybridized carbons (Fsp3) is 0.750. The van der Waals surface area contributed by atoms with Crippen LogP contribution in [0.25, 0.3) is 0 Å². The number of amidine groups is 1. The summed E-state index contributed by atoms with van der Waals surface area (Å²) in [5.41, 5.74) is 5.08. The van der Waals surface area contributed by atoms with Gasteiger partial charge < -0.3 is 5.73 Å². The molecular weight excluding hydrogens is 174 g/mol. The van der Waals surface area contributed by atoms with Gasteiger partial charge in [-0.1, -0.05) is 0 Å². The minimum absolute atomic E-state index is 0. The number of nitriles is 1. The number of nitrogens with two attached hydrogens (primary N) is 1. The van der Waals surface area contributed by atoms with E-state index >= 15 is 0 Å². The molecule has 0 aliphatic heterocycles. The topological polar surface area (TPSA) is 73.7 Å². The van der Waals surface area contributed by atoms with Crippen molar-refractivity contribution in [1.82, 2.24) is 0 Å². The van der Waals surface area contributed by atoms with Crippen molar-refractivity contribution in [3.8, 4) is 6.07 Å². The van der Waals surface area contributed by atoms with Crippen LogP contribution in [-0.4, -0.2) is 5.84 Å². The Morgan fingerprint density at radius 2 is 1.83 bits per heavy atom. The van der Waals surface area contributed by atoms with Crippen LogP contribution in [0.1, 0.15) is 25.7 Å². The van der Waals surface area contributed by atoms with Crippen molar-refractivity contribution in [2.75, 3.05) is 0 Å². The van der Waals surface area contributed by atoms with Crippen LogP contribution >= 0.6 is 12.4 Å². The van der Waals surface area contributed by atoms with Crippen LogP contribution in [-0.2, 0) is 0 Å². The average molecular weight is 188 g/mol. The second-order valence-corrected chi connectivity index (χ2v) is 3.13. The molecule has 0 heterocycles. The molecule has 12 heavy (non-hydrogen) atoms. The Kier molecular flexibility index (Phi) is 4.68. The Bertz CT molecular complexity index is 189. The summed E-state index contributed by atoms with van der Waals surface area (Å²) in [4.78, 5) is 0. The van der Waals surface area contributed by atoms with Crippen molar-refractivity contribution in [1.29, 1.82) is 10.7 Å². The van der Waals surface area contributed by atoms with Crippen molar-refractivity contribution >= 4 is 18.2 Å². The molecule has 3 nitrogen and oxygen atoms in total. The van der Waals surface area contributed by atoms with Crippen LogP contribution in [0, 0.1) is 28.6 Å². The third kappa shape index (κ3) is 4.97. The quantitative estimate of drug-likeness (QED) is 0.484. The van der Waals surface area contributed by atoms with Gasteiger partial charge in [0.15, 0.2) is 0 Å². The summed E-state index contributed by atoms with van der Waals surface area (Å²) in [6, 6.07) is 2.14. The van der Waals surface area contributed by atoms with E-state index in [9.17, 15) is 0 Å². The van der Waals surface area contributed by atoms with Gasteiger partial charge in [0.25, 0.3) is 0 Å². The van der Waals surface area contributed by atoms with Crippen molar-refractivity contribution in [2.24, 2.45) is 17.6 Å². The molecule has 0 aromatic carbocycles. The van der Waals surface area contributed by atoms with Gasteiger partial charge in [-0.3, -0.25) is 5.41 Å². The molecule has 0 bridgehead atoms. The first-order chi connectivity index (χ1) is 5.24. The molecule has 0 atom stereocenters. The predicted molar refractivity (Wildman–Crippen MR) is 50.2 cm³/mol. The fourth-order valence-corrected chi connectivity index (χ4v) is 0.607. The van der Waals surface area contributed by atoms with E-state index in [1.807, 2.05) is 0 Å². The maximum Gasteiger partial charge on any atom is 0.0936 e. The van der Waals surface area contributed by atoms with Crippen LogP contribution in [0.3, 0.4) is 0 Å². The predicted octanol–water partition coefficient (Wildman–Crippen LogP) is 1.67. The summed E-state index contributed by atoms with van der Waals surface area (Å²) >= 11 is 0. The van der Waals surface area contributed by atoms with E-state index in [0.29, 0.717) is 17.7 Å². The molecule has 0 aromatic heterocycles. The normalized spacial score (nSPS) is 19.2. The van der Waals surface area contributed by atoms with E-state index < -0.39 is 0 Å². The smallest absolute Gasteiger partial charge is 0.0936 e. The summed E-state index contributed by atoms with van der Waals surface area (Å²) in [7, 11) is 0. The lowest BCUT2D eigenvalue weighted by Crippen LogP contribution is -2.10. The summed E-state index contributed by atoms with van der Waals surface area (Å²) in [5, 5.41) is 14.7. The van der Waals surface area contributed by atoms with Gasteiger partial charge in [0, 0.05) is 11.8 Å².